The number of halogens is 1. The number of carbonyl (C=O) groups is 2. The Morgan fingerprint density at radius 1 is 1.22 bits per heavy atom. The van der Waals surface area contributed by atoms with Gasteiger partial charge in [0.15, 0.2) is 0 Å². The van der Waals surface area contributed by atoms with Crippen LogP contribution in [0.2, 0.25) is 0 Å². The van der Waals surface area contributed by atoms with E-state index in [9.17, 15) is 14.0 Å². The van der Waals surface area contributed by atoms with Gasteiger partial charge < -0.3 is 10.1 Å². The van der Waals surface area contributed by atoms with Crippen molar-refractivity contribution < 1.29 is 18.7 Å². The van der Waals surface area contributed by atoms with Gasteiger partial charge in [0.1, 0.15) is 11.9 Å². The highest BCUT2D eigenvalue weighted by Gasteiger charge is 2.24. The lowest BCUT2D eigenvalue weighted by Crippen LogP contribution is -2.44. The summed E-state index contributed by atoms with van der Waals surface area (Å²) in [6.07, 6.45) is 3.02. The van der Waals surface area contributed by atoms with Crippen LogP contribution in [0.3, 0.4) is 0 Å². The first-order chi connectivity index (χ1) is 12.7. The molecule has 6 nitrogen and oxygen atoms in total. The van der Waals surface area contributed by atoms with Crippen LogP contribution in [-0.4, -0.2) is 34.8 Å². The lowest BCUT2D eigenvalue weighted by Gasteiger charge is -2.18. The third kappa shape index (κ3) is 4.81. The van der Waals surface area contributed by atoms with Gasteiger partial charge in [0, 0.05) is 17.3 Å². The Morgan fingerprint density at radius 3 is 2.41 bits per heavy atom. The summed E-state index contributed by atoms with van der Waals surface area (Å²) in [5.41, 5.74) is 3.06. The van der Waals surface area contributed by atoms with Crippen LogP contribution in [0.5, 0.6) is 0 Å². The number of aryl methyl sites for hydroxylation is 1. The van der Waals surface area contributed by atoms with Crippen LogP contribution in [0.15, 0.2) is 30.3 Å². The number of nitrogens with zero attached hydrogens (tertiary/aromatic N) is 2. The third-order valence-electron chi connectivity index (χ3n) is 4.24. The second-order valence-corrected chi connectivity index (χ2v) is 6.56. The lowest BCUT2D eigenvalue weighted by molar-refractivity contribution is -0.145. The van der Waals surface area contributed by atoms with Crippen molar-refractivity contribution in [3.05, 3.63) is 53.1 Å². The smallest absolute Gasteiger partial charge is 0.328 e. The van der Waals surface area contributed by atoms with Gasteiger partial charge in [0.25, 0.3) is 0 Å². The molecule has 0 saturated heterocycles. The van der Waals surface area contributed by atoms with Gasteiger partial charge >= 0.3 is 5.97 Å². The summed E-state index contributed by atoms with van der Waals surface area (Å²) in [6, 6.07) is 5.30. The number of hydrogen-bond acceptors (Lipinski definition) is 4. The Labute approximate surface area is 158 Å². The SMILES string of the molecule is COC(=O)[C@@H](NC(=O)C=Cc1c(C)nn(-c2ccc(F)cc2)c1C)C(C)C. The van der Waals surface area contributed by atoms with Crippen molar-refractivity contribution in [1.29, 1.82) is 0 Å². The largest absolute Gasteiger partial charge is 0.467 e. The van der Waals surface area contributed by atoms with Gasteiger partial charge in [-0.25, -0.2) is 13.9 Å². The summed E-state index contributed by atoms with van der Waals surface area (Å²) in [6.45, 7) is 7.35. The molecule has 7 heteroatoms. The maximum absolute atomic E-state index is 13.1. The van der Waals surface area contributed by atoms with E-state index in [1.54, 1.807) is 22.9 Å². The fourth-order valence-electron chi connectivity index (χ4n) is 2.71. The predicted molar refractivity (Wildman–Crippen MR) is 101 cm³/mol. The van der Waals surface area contributed by atoms with Gasteiger partial charge in [-0.1, -0.05) is 13.8 Å². The summed E-state index contributed by atoms with van der Waals surface area (Å²) in [7, 11) is 1.29. The van der Waals surface area contributed by atoms with E-state index in [-0.39, 0.29) is 11.7 Å². The van der Waals surface area contributed by atoms with Crippen molar-refractivity contribution in [2.24, 2.45) is 5.92 Å². The molecule has 2 aromatic rings. The summed E-state index contributed by atoms with van der Waals surface area (Å²) in [5.74, 6) is -1.29. The number of benzene rings is 1. The molecule has 1 aromatic carbocycles. The molecule has 1 amide bonds. The van der Waals surface area contributed by atoms with Gasteiger partial charge in [-0.3, -0.25) is 4.79 Å². The first-order valence-corrected chi connectivity index (χ1v) is 8.63. The Balaban J connectivity index is 2.20. The van der Waals surface area contributed by atoms with E-state index in [1.165, 1.54) is 25.3 Å². The molecule has 0 radical (unpaired) electrons. The molecule has 0 saturated carbocycles. The molecule has 144 valence electrons. The Morgan fingerprint density at radius 2 is 1.85 bits per heavy atom. The Kier molecular flexibility index (Phi) is 6.50. The van der Waals surface area contributed by atoms with Gasteiger partial charge in [0.05, 0.1) is 18.5 Å². The minimum absolute atomic E-state index is 0.0977. The summed E-state index contributed by atoms with van der Waals surface area (Å²) in [4.78, 5) is 24.0. The quantitative estimate of drug-likeness (QED) is 0.624. The van der Waals surface area contributed by atoms with Crippen LogP contribution < -0.4 is 5.32 Å². The zero-order chi connectivity index (χ0) is 20.1. The third-order valence-corrected chi connectivity index (χ3v) is 4.24. The number of ether oxygens (including phenoxy) is 1. The minimum atomic E-state index is -0.712. The van der Waals surface area contributed by atoms with Crippen LogP contribution in [0, 0.1) is 25.6 Å². The van der Waals surface area contributed by atoms with Gasteiger partial charge in [-0.2, -0.15) is 5.10 Å². The fraction of sp³-hybridized carbons (Fsp3) is 0.350. The minimum Gasteiger partial charge on any atom is -0.467 e. The van der Waals surface area contributed by atoms with Crippen LogP contribution in [0.25, 0.3) is 11.8 Å². The number of aromatic nitrogens is 2. The fourth-order valence-corrected chi connectivity index (χ4v) is 2.71. The molecule has 0 aliphatic carbocycles. The summed E-state index contributed by atoms with van der Waals surface area (Å²) in [5, 5.41) is 7.11. The molecule has 0 bridgehead atoms. The Hall–Kier alpha value is -2.96. The van der Waals surface area contributed by atoms with E-state index < -0.39 is 17.9 Å². The van der Waals surface area contributed by atoms with Gasteiger partial charge in [0.2, 0.25) is 5.91 Å². The van der Waals surface area contributed by atoms with Crippen LogP contribution in [0.4, 0.5) is 4.39 Å². The van der Waals surface area contributed by atoms with E-state index in [0.29, 0.717) is 0 Å². The van der Waals surface area contributed by atoms with Gasteiger partial charge in [-0.15, -0.1) is 0 Å². The van der Waals surface area contributed by atoms with E-state index in [2.05, 4.69) is 10.4 Å². The molecule has 1 aromatic heterocycles. The van der Waals surface area contributed by atoms with Crippen LogP contribution in [0.1, 0.15) is 30.8 Å². The van der Waals surface area contributed by atoms with E-state index in [1.807, 2.05) is 27.7 Å². The topological polar surface area (TPSA) is 73.2 Å². The molecule has 0 aliphatic heterocycles. The number of esters is 1. The molecule has 1 N–H and O–H groups in total. The molecule has 0 spiro atoms. The van der Waals surface area contributed by atoms with E-state index in [4.69, 9.17) is 4.74 Å². The van der Waals surface area contributed by atoms with E-state index in [0.717, 1.165) is 22.6 Å². The molecule has 1 atom stereocenters. The van der Waals surface area contributed by atoms with Crippen molar-refractivity contribution in [2.45, 2.75) is 33.7 Å². The van der Waals surface area contributed by atoms with Crippen LogP contribution >= 0.6 is 0 Å². The first kappa shape index (κ1) is 20.4. The normalized spacial score (nSPS) is 12.4. The van der Waals surface area contributed by atoms with Crippen molar-refractivity contribution in [1.82, 2.24) is 15.1 Å². The zero-order valence-corrected chi connectivity index (χ0v) is 16.1. The van der Waals surface area contributed by atoms with Crippen molar-refractivity contribution in [2.75, 3.05) is 7.11 Å². The first-order valence-electron chi connectivity index (χ1n) is 8.63. The lowest BCUT2D eigenvalue weighted by atomic mass is 10.0. The molecular formula is C20H24FN3O3. The van der Waals surface area contributed by atoms with E-state index >= 15 is 0 Å². The second kappa shape index (κ2) is 8.62. The number of methoxy groups -OCH3 is 1. The van der Waals surface area contributed by atoms with Gasteiger partial charge in [-0.05, 0) is 50.1 Å². The molecule has 1 heterocycles. The van der Waals surface area contributed by atoms with Crippen molar-refractivity contribution in [3.63, 3.8) is 0 Å². The molecular weight excluding hydrogens is 349 g/mol. The average Bonchev–Trinajstić information content (AvgIpc) is 2.91. The highest BCUT2D eigenvalue weighted by atomic mass is 19.1. The monoisotopic (exact) mass is 373 g/mol. The number of nitrogens with one attached hydrogen (secondary N) is 1. The highest BCUT2D eigenvalue weighted by Crippen LogP contribution is 2.19. The highest BCUT2D eigenvalue weighted by molar-refractivity contribution is 5.94. The standard InChI is InChI=1S/C20H24FN3O3/c1-12(2)19(20(26)27-5)22-18(25)11-10-17-13(3)23-24(14(17)4)16-8-6-15(21)7-9-16/h6-12,19H,1-5H3,(H,22,25)/t19-/m0/s1. The van der Waals surface area contributed by atoms with Crippen molar-refractivity contribution in [3.8, 4) is 5.69 Å². The maximum atomic E-state index is 13.1. The number of carbonyl (C=O) groups excluding carboxylic acids is 2. The molecule has 2 rings (SSSR count). The number of rotatable bonds is 6. The summed E-state index contributed by atoms with van der Waals surface area (Å²) >= 11 is 0. The predicted octanol–water partition coefficient (Wildman–Crippen LogP) is 2.96. The molecule has 0 fully saturated rings. The number of amides is 1. The molecule has 0 unspecified atom stereocenters. The van der Waals surface area contributed by atoms with Crippen molar-refractivity contribution >= 4 is 18.0 Å². The van der Waals surface area contributed by atoms with Crippen LogP contribution in [-0.2, 0) is 14.3 Å². The second-order valence-electron chi connectivity index (χ2n) is 6.56. The summed E-state index contributed by atoms with van der Waals surface area (Å²) < 4.78 is 19.5. The number of hydrogen-bond donors (Lipinski definition) is 1. The Bertz CT molecular complexity index is 854. The maximum Gasteiger partial charge on any atom is 0.328 e. The molecule has 0 aliphatic rings. The average molecular weight is 373 g/mol. The zero-order valence-electron chi connectivity index (χ0n) is 16.1. The molecule has 27 heavy (non-hydrogen) atoms.